The fourth-order valence-corrected chi connectivity index (χ4v) is 2.25. The van der Waals surface area contributed by atoms with E-state index in [-0.39, 0.29) is 0 Å². The second kappa shape index (κ2) is 7.84. The third-order valence-corrected chi connectivity index (χ3v) is 3.26. The van der Waals surface area contributed by atoms with E-state index >= 15 is 0 Å². The highest BCUT2D eigenvalue weighted by atomic mass is 16.5. The highest BCUT2D eigenvalue weighted by molar-refractivity contribution is 5.76. The van der Waals surface area contributed by atoms with E-state index in [0.717, 1.165) is 29.1 Å². The number of para-hydroxylation sites is 1. The second-order valence-corrected chi connectivity index (χ2v) is 4.83. The Morgan fingerprint density at radius 2 is 1.64 bits per heavy atom. The predicted octanol–water partition coefficient (Wildman–Crippen LogP) is 3.67. The van der Waals surface area contributed by atoms with Crippen molar-refractivity contribution in [2.45, 2.75) is 0 Å². The molecular weight excluding hydrogens is 272 g/mol. The van der Waals surface area contributed by atoms with Gasteiger partial charge < -0.3 is 10.1 Å². The van der Waals surface area contributed by atoms with Gasteiger partial charge in [-0.3, -0.25) is 0 Å². The fraction of sp³-hybridized carbons (Fsp3) is 0.105. The van der Waals surface area contributed by atoms with Crippen LogP contribution in [0, 0.1) is 5.21 Å². The molecule has 1 heterocycles. The van der Waals surface area contributed by atoms with Gasteiger partial charge in [-0.15, -0.1) is 13.2 Å². The zero-order chi connectivity index (χ0) is 15.8. The Bertz CT molecular complexity index is 667. The van der Waals surface area contributed by atoms with Crippen molar-refractivity contribution in [2.75, 3.05) is 18.0 Å². The van der Waals surface area contributed by atoms with Crippen LogP contribution < -0.4 is 9.63 Å². The molecule has 0 unspecified atom stereocenters. The summed E-state index contributed by atoms with van der Waals surface area (Å²) >= 11 is 0. The average molecular weight is 292 g/mol. The van der Waals surface area contributed by atoms with Gasteiger partial charge in [0.25, 0.3) is 0 Å². The van der Waals surface area contributed by atoms with Crippen LogP contribution in [0.1, 0.15) is 11.3 Å². The maximum absolute atomic E-state index is 11.7. The van der Waals surface area contributed by atoms with Crippen LogP contribution in [-0.4, -0.2) is 13.1 Å². The zero-order valence-electron chi connectivity index (χ0n) is 12.6. The van der Waals surface area contributed by atoms with Crippen molar-refractivity contribution in [3.05, 3.63) is 90.4 Å². The highest BCUT2D eigenvalue weighted by Crippen LogP contribution is 2.22. The van der Waals surface area contributed by atoms with Crippen molar-refractivity contribution in [1.82, 2.24) is 0 Å². The van der Waals surface area contributed by atoms with Crippen LogP contribution in [0.15, 0.2) is 74.0 Å². The molecule has 0 radical (unpaired) electrons. The van der Waals surface area contributed by atoms with Gasteiger partial charge in [0, 0.05) is 37.0 Å². The van der Waals surface area contributed by atoms with Gasteiger partial charge in [-0.1, -0.05) is 30.4 Å². The van der Waals surface area contributed by atoms with E-state index in [9.17, 15) is 5.21 Å². The van der Waals surface area contributed by atoms with E-state index in [1.807, 2.05) is 48.6 Å². The molecule has 1 aromatic carbocycles. The quantitative estimate of drug-likeness (QED) is 0.443. The Morgan fingerprint density at radius 3 is 2.32 bits per heavy atom. The highest BCUT2D eigenvalue weighted by Gasteiger charge is 2.07. The second-order valence-electron chi connectivity index (χ2n) is 4.83. The van der Waals surface area contributed by atoms with Gasteiger partial charge in [0.1, 0.15) is 0 Å². The van der Waals surface area contributed by atoms with E-state index in [2.05, 4.69) is 24.1 Å². The van der Waals surface area contributed by atoms with Gasteiger partial charge >= 0.3 is 0 Å². The Labute approximate surface area is 131 Å². The first-order chi connectivity index (χ1) is 10.8. The summed E-state index contributed by atoms with van der Waals surface area (Å²) in [7, 11) is 0. The van der Waals surface area contributed by atoms with Gasteiger partial charge in [-0.25, -0.2) is 0 Å². The standard InChI is InChI=1S/C19H20N2O/c1-3-14-20(15-4-2)19-11-6-5-9-17(19)12-13-18-10-7-8-16-21(18)22/h3-13,16H,1-2,14-15H2/b13-12+. The summed E-state index contributed by atoms with van der Waals surface area (Å²) in [4.78, 5) is 2.18. The molecule has 0 aliphatic heterocycles. The zero-order valence-corrected chi connectivity index (χ0v) is 12.6. The van der Waals surface area contributed by atoms with Crippen molar-refractivity contribution < 1.29 is 4.73 Å². The molecule has 3 nitrogen and oxygen atoms in total. The van der Waals surface area contributed by atoms with Crippen molar-refractivity contribution in [1.29, 1.82) is 0 Å². The molecule has 0 aliphatic rings. The minimum Gasteiger partial charge on any atom is -0.618 e. The van der Waals surface area contributed by atoms with Crippen LogP contribution in [0.4, 0.5) is 5.69 Å². The van der Waals surface area contributed by atoms with Crippen LogP contribution in [0.2, 0.25) is 0 Å². The molecule has 112 valence electrons. The Kier molecular flexibility index (Phi) is 5.55. The predicted molar refractivity (Wildman–Crippen MR) is 93.4 cm³/mol. The number of hydrogen-bond acceptors (Lipinski definition) is 2. The monoisotopic (exact) mass is 292 g/mol. The first kappa shape index (κ1) is 15.6. The molecule has 0 saturated heterocycles. The lowest BCUT2D eigenvalue weighted by molar-refractivity contribution is -0.607. The first-order valence-electron chi connectivity index (χ1n) is 7.18. The topological polar surface area (TPSA) is 30.2 Å². The number of rotatable bonds is 7. The molecule has 22 heavy (non-hydrogen) atoms. The molecule has 3 heteroatoms. The number of pyridine rings is 1. The van der Waals surface area contributed by atoms with E-state index in [1.54, 1.807) is 12.1 Å². The average Bonchev–Trinajstić information content (AvgIpc) is 2.54. The van der Waals surface area contributed by atoms with E-state index in [4.69, 9.17) is 0 Å². The summed E-state index contributed by atoms with van der Waals surface area (Å²) < 4.78 is 0.852. The molecular formula is C19H20N2O. The summed E-state index contributed by atoms with van der Waals surface area (Å²) in [6.45, 7) is 9.09. The first-order valence-corrected chi connectivity index (χ1v) is 7.18. The summed E-state index contributed by atoms with van der Waals surface area (Å²) in [6, 6.07) is 13.4. The maximum Gasteiger partial charge on any atom is 0.216 e. The van der Waals surface area contributed by atoms with Crippen LogP contribution in [0.3, 0.4) is 0 Å². The molecule has 0 spiro atoms. The van der Waals surface area contributed by atoms with Crippen LogP contribution in [-0.2, 0) is 0 Å². The van der Waals surface area contributed by atoms with Crippen molar-refractivity contribution >= 4 is 17.8 Å². The number of anilines is 1. The van der Waals surface area contributed by atoms with Gasteiger partial charge in [0.2, 0.25) is 5.69 Å². The third kappa shape index (κ3) is 3.85. The lowest BCUT2D eigenvalue weighted by Crippen LogP contribution is -2.28. The number of hydrogen-bond donors (Lipinski definition) is 0. The normalized spacial score (nSPS) is 10.5. The summed E-state index contributed by atoms with van der Waals surface area (Å²) in [6.07, 6.45) is 9.01. The van der Waals surface area contributed by atoms with E-state index in [1.165, 1.54) is 6.20 Å². The molecule has 0 aliphatic carbocycles. The van der Waals surface area contributed by atoms with Crippen LogP contribution in [0.25, 0.3) is 12.2 Å². The summed E-state index contributed by atoms with van der Waals surface area (Å²) in [5.74, 6) is 0. The molecule has 0 atom stereocenters. The minimum atomic E-state index is 0.608. The van der Waals surface area contributed by atoms with E-state index in [0.29, 0.717) is 5.69 Å². The molecule has 0 saturated carbocycles. The number of benzene rings is 1. The summed E-state index contributed by atoms with van der Waals surface area (Å²) in [5, 5.41) is 11.7. The molecule has 0 fully saturated rings. The van der Waals surface area contributed by atoms with Gasteiger partial charge in [-0.05, 0) is 23.8 Å². The van der Waals surface area contributed by atoms with Crippen molar-refractivity contribution in [2.24, 2.45) is 0 Å². The van der Waals surface area contributed by atoms with Gasteiger partial charge in [0.15, 0.2) is 6.20 Å². The molecule has 2 aromatic rings. The fourth-order valence-electron chi connectivity index (χ4n) is 2.25. The molecule has 0 N–H and O–H groups in total. The largest absolute Gasteiger partial charge is 0.618 e. The SMILES string of the molecule is C=CCN(CC=C)c1ccccc1/C=C/c1cccc[n+]1[O-]. The lowest BCUT2D eigenvalue weighted by atomic mass is 10.1. The Balaban J connectivity index is 2.33. The Morgan fingerprint density at radius 1 is 0.955 bits per heavy atom. The molecule has 2 rings (SSSR count). The molecule has 0 amide bonds. The Hall–Kier alpha value is -2.81. The van der Waals surface area contributed by atoms with Crippen molar-refractivity contribution in [3.8, 4) is 0 Å². The van der Waals surface area contributed by atoms with Crippen LogP contribution >= 0.6 is 0 Å². The van der Waals surface area contributed by atoms with Gasteiger partial charge in [-0.2, -0.15) is 4.73 Å². The lowest BCUT2D eigenvalue weighted by Gasteiger charge is -2.23. The summed E-state index contributed by atoms with van der Waals surface area (Å²) in [5.41, 5.74) is 2.75. The molecule has 1 aromatic heterocycles. The maximum atomic E-state index is 11.7. The smallest absolute Gasteiger partial charge is 0.216 e. The van der Waals surface area contributed by atoms with E-state index < -0.39 is 0 Å². The number of nitrogens with zero attached hydrogens (tertiary/aromatic N) is 2. The van der Waals surface area contributed by atoms with Gasteiger partial charge in [0.05, 0.1) is 0 Å². The number of aromatic nitrogens is 1. The van der Waals surface area contributed by atoms with Crippen LogP contribution in [0.5, 0.6) is 0 Å². The van der Waals surface area contributed by atoms with Crippen molar-refractivity contribution in [3.63, 3.8) is 0 Å². The molecule has 0 bridgehead atoms. The third-order valence-electron chi connectivity index (χ3n) is 3.26. The minimum absolute atomic E-state index is 0.608.